The number of hydrogen-bond donors (Lipinski definition) is 1. The Kier molecular flexibility index (Phi) is 6.46. The highest BCUT2D eigenvalue weighted by Gasteiger charge is 2.18. The van der Waals surface area contributed by atoms with E-state index in [1.54, 1.807) is 37.3 Å². The van der Waals surface area contributed by atoms with Gasteiger partial charge in [0.2, 0.25) is 0 Å². The Balaban J connectivity index is 1.57. The molecule has 1 amide bonds. The van der Waals surface area contributed by atoms with Gasteiger partial charge in [0, 0.05) is 5.02 Å². The first-order valence-corrected chi connectivity index (χ1v) is 9.14. The number of amides is 1. The van der Waals surface area contributed by atoms with E-state index in [4.69, 9.17) is 21.1 Å². The molecule has 2 aromatic carbocycles. The molecule has 9 heteroatoms. The lowest BCUT2D eigenvalue weighted by Gasteiger charge is -2.15. The van der Waals surface area contributed by atoms with Crippen LogP contribution in [0.2, 0.25) is 5.02 Å². The summed E-state index contributed by atoms with van der Waals surface area (Å²) in [5, 5.41) is 7.13. The second-order valence-electron chi connectivity index (χ2n) is 6.23. The number of esters is 1. The van der Waals surface area contributed by atoms with Gasteiger partial charge in [-0.15, -0.1) is 0 Å². The number of aryl methyl sites for hydroxylation is 1. The Morgan fingerprint density at radius 2 is 2.07 bits per heavy atom. The van der Waals surface area contributed by atoms with Crippen molar-refractivity contribution in [3.05, 3.63) is 65.7 Å². The summed E-state index contributed by atoms with van der Waals surface area (Å²) in [5.74, 6) is -0.621. The average molecular weight is 415 g/mol. The number of hydrogen-bond acceptors (Lipinski definition) is 6. The Labute approximate surface area is 172 Å². The first-order chi connectivity index (χ1) is 13.9. The Morgan fingerprint density at radius 3 is 2.79 bits per heavy atom. The van der Waals surface area contributed by atoms with Crippen molar-refractivity contribution in [2.24, 2.45) is 0 Å². The molecule has 0 aliphatic rings. The maximum Gasteiger partial charge on any atom is 0.347 e. The fourth-order valence-electron chi connectivity index (χ4n) is 2.52. The topological polar surface area (TPSA) is 95.3 Å². The number of rotatable bonds is 7. The van der Waals surface area contributed by atoms with Gasteiger partial charge < -0.3 is 14.8 Å². The largest absolute Gasteiger partial charge is 0.479 e. The quantitative estimate of drug-likeness (QED) is 0.596. The van der Waals surface area contributed by atoms with Gasteiger partial charge in [0.15, 0.2) is 12.7 Å². The van der Waals surface area contributed by atoms with Crippen LogP contribution in [0, 0.1) is 6.92 Å². The first kappa shape index (κ1) is 20.3. The summed E-state index contributed by atoms with van der Waals surface area (Å²) < 4.78 is 12.1. The molecule has 0 unspecified atom stereocenters. The standard InChI is InChI=1S/C20H19ClN4O4/c1-13-4-3-5-16(8-13)29-14(2)20(27)28-10-19(26)24-17-9-15(21)6-7-18(17)25-12-22-11-23-25/h3-9,11-12,14H,10H2,1-2H3,(H,24,26)/t14-/m1/s1. The zero-order valence-electron chi connectivity index (χ0n) is 15.8. The van der Waals surface area contributed by atoms with Crippen molar-refractivity contribution in [2.75, 3.05) is 11.9 Å². The number of anilines is 1. The molecule has 0 bridgehead atoms. The van der Waals surface area contributed by atoms with Crippen molar-refractivity contribution in [1.29, 1.82) is 0 Å². The van der Waals surface area contributed by atoms with Crippen molar-refractivity contribution in [3.63, 3.8) is 0 Å². The van der Waals surface area contributed by atoms with Gasteiger partial charge in [-0.05, 0) is 49.7 Å². The number of halogens is 1. The highest BCUT2D eigenvalue weighted by atomic mass is 35.5. The van der Waals surface area contributed by atoms with E-state index in [1.165, 1.54) is 17.3 Å². The minimum absolute atomic E-state index is 0.410. The summed E-state index contributed by atoms with van der Waals surface area (Å²) in [6.45, 7) is 3.01. The number of nitrogens with zero attached hydrogens (tertiary/aromatic N) is 3. The SMILES string of the molecule is Cc1cccc(O[C@H](C)C(=O)OCC(=O)Nc2cc(Cl)ccc2-n2cncn2)c1. The molecular formula is C20H19ClN4O4. The van der Waals surface area contributed by atoms with Gasteiger partial charge in [-0.3, -0.25) is 4.79 Å². The van der Waals surface area contributed by atoms with E-state index < -0.39 is 24.6 Å². The van der Waals surface area contributed by atoms with Crippen LogP contribution < -0.4 is 10.1 Å². The maximum absolute atomic E-state index is 12.3. The zero-order chi connectivity index (χ0) is 20.8. The van der Waals surface area contributed by atoms with Crippen molar-refractivity contribution in [1.82, 2.24) is 14.8 Å². The maximum atomic E-state index is 12.3. The predicted octanol–water partition coefficient (Wildman–Crippen LogP) is 3.18. The van der Waals surface area contributed by atoms with Gasteiger partial charge >= 0.3 is 5.97 Å². The molecule has 8 nitrogen and oxygen atoms in total. The van der Waals surface area contributed by atoms with Crippen molar-refractivity contribution < 1.29 is 19.1 Å². The van der Waals surface area contributed by atoms with Crippen molar-refractivity contribution in [2.45, 2.75) is 20.0 Å². The molecule has 0 saturated heterocycles. The second kappa shape index (κ2) is 9.20. The molecule has 0 radical (unpaired) electrons. The van der Waals surface area contributed by atoms with E-state index in [-0.39, 0.29) is 0 Å². The summed E-state index contributed by atoms with van der Waals surface area (Å²) in [5.41, 5.74) is 1.99. The Bertz CT molecular complexity index is 1010. The van der Waals surface area contributed by atoms with Crippen LogP contribution in [0.4, 0.5) is 5.69 Å². The summed E-state index contributed by atoms with van der Waals surface area (Å²) >= 11 is 6.02. The average Bonchev–Trinajstić information content (AvgIpc) is 3.20. The third kappa shape index (κ3) is 5.55. The van der Waals surface area contributed by atoms with Crippen LogP contribution in [0.15, 0.2) is 55.1 Å². The van der Waals surface area contributed by atoms with Crippen molar-refractivity contribution >= 4 is 29.2 Å². The number of carbonyl (C=O) groups is 2. The summed E-state index contributed by atoms with van der Waals surface area (Å²) in [6.07, 6.45) is 2.00. The highest BCUT2D eigenvalue weighted by molar-refractivity contribution is 6.31. The fourth-order valence-corrected chi connectivity index (χ4v) is 2.69. The van der Waals surface area contributed by atoms with E-state index in [2.05, 4.69) is 15.4 Å². The summed E-state index contributed by atoms with van der Waals surface area (Å²) in [7, 11) is 0. The van der Waals surface area contributed by atoms with E-state index in [1.807, 2.05) is 19.1 Å². The van der Waals surface area contributed by atoms with Crippen LogP contribution in [0.1, 0.15) is 12.5 Å². The molecule has 29 heavy (non-hydrogen) atoms. The van der Waals surface area contributed by atoms with Crippen LogP contribution >= 0.6 is 11.6 Å². The zero-order valence-corrected chi connectivity index (χ0v) is 16.6. The Hall–Kier alpha value is -3.39. The molecule has 0 fully saturated rings. The van der Waals surface area contributed by atoms with E-state index >= 15 is 0 Å². The Morgan fingerprint density at radius 1 is 1.24 bits per heavy atom. The molecule has 0 aliphatic heterocycles. The van der Waals surface area contributed by atoms with E-state index in [0.717, 1.165) is 5.56 Å². The molecule has 0 spiro atoms. The minimum atomic E-state index is -0.860. The van der Waals surface area contributed by atoms with E-state index in [0.29, 0.717) is 22.1 Å². The van der Waals surface area contributed by atoms with Crippen molar-refractivity contribution in [3.8, 4) is 11.4 Å². The van der Waals surface area contributed by atoms with Gasteiger partial charge in [0.1, 0.15) is 18.4 Å². The predicted molar refractivity (Wildman–Crippen MR) is 107 cm³/mol. The molecule has 3 rings (SSSR count). The number of aromatic nitrogens is 3. The fraction of sp³-hybridized carbons (Fsp3) is 0.200. The van der Waals surface area contributed by atoms with Crippen LogP contribution in [0.25, 0.3) is 5.69 Å². The first-order valence-electron chi connectivity index (χ1n) is 8.77. The molecular weight excluding hydrogens is 396 g/mol. The van der Waals surface area contributed by atoms with Gasteiger partial charge in [0.25, 0.3) is 5.91 Å². The molecule has 150 valence electrons. The molecule has 0 aliphatic carbocycles. The molecule has 1 aromatic heterocycles. The molecule has 3 aromatic rings. The number of ether oxygens (including phenoxy) is 2. The molecule has 0 saturated carbocycles. The van der Waals surface area contributed by atoms with Crippen LogP contribution in [0.3, 0.4) is 0 Å². The monoisotopic (exact) mass is 414 g/mol. The minimum Gasteiger partial charge on any atom is -0.479 e. The van der Waals surface area contributed by atoms with Gasteiger partial charge in [-0.2, -0.15) is 5.10 Å². The summed E-state index contributed by atoms with van der Waals surface area (Å²) in [4.78, 5) is 28.3. The smallest absolute Gasteiger partial charge is 0.347 e. The third-order valence-corrected chi connectivity index (χ3v) is 4.11. The lowest BCUT2D eigenvalue weighted by Crippen LogP contribution is -2.30. The lowest BCUT2D eigenvalue weighted by atomic mass is 10.2. The van der Waals surface area contributed by atoms with Gasteiger partial charge in [0.05, 0.1) is 11.4 Å². The van der Waals surface area contributed by atoms with Gasteiger partial charge in [-0.1, -0.05) is 23.7 Å². The summed E-state index contributed by atoms with van der Waals surface area (Å²) in [6, 6.07) is 12.2. The van der Waals surface area contributed by atoms with E-state index in [9.17, 15) is 9.59 Å². The number of nitrogens with one attached hydrogen (secondary N) is 1. The number of benzene rings is 2. The highest BCUT2D eigenvalue weighted by Crippen LogP contribution is 2.24. The van der Waals surface area contributed by atoms with Crippen LogP contribution in [0.5, 0.6) is 5.75 Å². The molecule has 1 N–H and O–H groups in total. The molecule has 1 atom stereocenters. The third-order valence-electron chi connectivity index (χ3n) is 3.88. The van der Waals surface area contributed by atoms with Crippen LogP contribution in [-0.4, -0.2) is 39.4 Å². The second-order valence-corrected chi connectivity index (χ2v) is 6.67. The normalized spacial score (nSPS) is 11.6. The van der Waals surface area contributed by atoms with Crippen LogP contribution in [-0.2, 0) is 14.3 Å². The molecule has 1 heterocycles. The lowest BCUT2D eigenvalue weighted by molar-refractivity contribution is -0.153. The van der Waals surface area contributed by atoms with Gasteiger partial charge in [-0.25, -0.2) is 14.5 Å². The number of carbonyl (C=O) groups excluding carboxylic acids is 2.